The van der Waals surface area contributed by atoms with Crippen molar-refractivity contribution in [1.82, 2.24) is 4.90 Å². The largest absolute Gasteiger partial charge is 0.399 e. The monoisotopic (exact) mass is 324 g/mol. The lowest BCUT2D eigenvalue weighted by atomic mass is 10.1. The molecule has 0 fully saturated rings. The standard InChI is InChI=1S/C13H13BrN2OS/c1-16(7-9-5-12(14)18-8-9)13(17)10-3-2-4-11(15)6-10/h2-6,8H,7,15H2,1H3. The first-order valence-corrected chi connectivity index (χ1v) is 7.07. The minimum atomic E-state index is -0.0235. The quantitative estimate of drug-likeness (QED) is 0.880. The van der Waals surface area contributed by atoms with Gasteiger partial charge in [-0.15, -0.1) is 11.3 Å². The van der Waals surface area contributed by atoms with Crippen molar-refractivity contribution in [2.75, 3.05) is 12.8 Å². The normalized spacial score (nSPS) is 10.3. The van der Waals surface area contributed by atoms with Crippen LogP contribution < -0.4 is 5.73 Å². The zero-order valence-electron chi connectivity index (χ0n) is 9.89. The van der Waals surface area contributed by atoms with Crippen molar-refractivity contribution in [2.45, 2.75) is 6.54 Å². The highest BCUT2D eigenvalue weighted by Crippen LogP contribution is 2.22. The maximum Gasteiger partial charge on any atom is 0.253 e. The van der Waals surface area contributed by atoms with Crippen LogP contribution in [0.4, 0.5) is 5.69 Å². The van der Waals surface area contributed by atoms with E-state index in [9.17, 15) is 4.79 Å². The Morgan fingerprint density at radius 2 is 2.22 bits per heavy atom. The zero-order valence-corrected chi connectivity index (χ0v) is 12.3. The molecular formula is C13H13BrN2OS. The molecule has 0 saturated heterocycles. The smallest absolute Gasteiger partial charge is 0.253 e. The Morgan fingerprint density at radius 3 is 2.83 bits per heavy atom. The summed E-state index contributed by atoms with van der Waals surface area (Å²) in [6, 6.07) is 9.05. The number of hydrogen-bond donors (Lipinski definition) is 1. The molecule has 0 unspecified atom stereocenters. The summed E-state index contributed by atoms with van der Waals surface area (Å²) in [5, 5.41) is 2.03. The molecule has 0 saturated carbocycles. The fourth-order valence-corrected chi connectivity index (χ4v) is 2.87. The third kappa shape index (κ3) is 3.11. The van der Waals surface area contributed by atoms with Crippen molar-refractivity contribution >= 4 is 38.9 Å². The van der Waals surface area contributed by atoms with Crippen LogP contribution in [-0.4, -0.2) is 17.9 Å². The summed E-state index contributed by atoms with van der Waals surface area (Å²) in [5.41, 5.74) is 8.02. The third-order valence-electron chi connectivity index (χ3n) is 2.52. The summed E-state index contributed by atoms with van der Waals surface area (Å²) in [6.07, 6.45) is 0. The van der Waals surface area contributed by atoms with Gasteiger partial charge in [-0.1, -0.05) is 6.07 Å². The Labute approximate surface area is 118 Å². The molecule has 1 aromatic heterocycles. The van der Waals surface area contributed by atoms with E-state index in [4.69, 9.17) is 5.73 Å². The molecule has 2 aromatic rings. The number of carbonyl (C=O) groups is 1. The fraction of sp³-hybridized carbons (Fsp3) is 0.154. The van der Waals surface area contributed by atoms with Crippen molar-refractivity contribution in [2.24, 2.45) is 0 Å². The molecule has 0 spiro atoms. The van der Waals surface area contributed by atoms with Crippen LogP contribution in [0.2, 0.25) is 0 Å². The highest BCUT2D eigenvalue weighted by molar-refractivity contribution is 9.11. The van der Waals surface area contributed by atoms with Crippen molar-refractivity contribution in [3.63, 3.8) is 0 Å². The predicted octanol–water partition coefficient (Wildman–Crippen LogP) is 3.37. The number of nitrogen functional groups attached to an aromatic ring is 1. The van der Waals surface area contributed by atoms with Gasteiger partial charge in [-0.05, 0) is 51.1 Å². The van der Waals surface area contributed by atoms with Gasteiger partial charge in [0.2, 0.25) is 0 Å². The van der Waals surface area contributed by atoms with E-state index >= 15 is 0 Å². The molecule has 0 bridgehead atoms. The first-order valence-electron chi connectivity index (χ1n) is 5.40. The molecule has 0 aliphatic carbocycles. The van der Waals surface area contributed by atoms with Crippen LogP contribution in [0.1, 0.15) is 15.9 Å². The second-order valence-corrected chi connectivity index (χ2v) is 6.34. The van der Waals surface area contributed by atoms with Crippen LogP contribution in [0.15, 0.2) is 39.5 Å². The Hall–Kier alpha value is -1.33. The fourth-order valence-electron chi connectivity index (χ4n) is 1.67. The molecule has 2 rings (SSSR count). The lowest BCUT2D eigenvalue weighted by Crippen LogP contribution is -2.26. The number of anilines is 1. The Morgan fingerprint density at radius 1 is 1.44 bits per heavy atom. The SMILES string of the molecule is CN(Cc1csc(Br)c1)C(=O)c1cccc(N)c1. The second-order valence-electron chi connectivity index (χ2n) is 4.05. The average Bonchev–Trinajstić information content (AvgIpc) is 2.73. The zero-order chi connectivity index (χ0) is 13.1. The molecule has 1 aromatic carbocycles. The van der Waals surface area contributed by atoms with E-state index in [1.807, 2.05) is 11.4 Å². The summed E-state index contributed by atoms with van der Waals surface area (Å²) in [5.74, 6) is -0.0235. The molecule has 2 N–H and O–H groups in total. The average molecular weight is 325 g/mol. The van der Waals surface area contributed by atoms with E-state index in [1.54, 1.807) is 47.5 Å². The number of thiophene rings is 1. The molecule has 0 aliphatic rings. The van der Waals surface area contributed by atoms with Gasteiger partial charge >= 0.3 is 0 Å². The van der Waals surface area contributed by atoms with Crippen LogP contribution in [0.25, 0.3) is 0 Å². The van der Waals surface area contributed by atoms with Gasteiger partial charge in [-0.3, -0.25) is 4.79 Å². The molecule has 1 heterocycles. The first kappa shape index (κ1) is 13.1. The molecule has 0 radical (unpaired) electrons. The van der Waals surface area contributed by atoms with Crippen LogP contribution >= 0.6 is 27.3 Å². The van der Waals surface area contributed by atoms with Crippen molar-refractivity contribution in [1.29, 1.82) is 0 Å². The maximum absolute atomic E-state index is 12.2. The third-order valence-corrected chi connectivity index (χ3v) is 4.08. The van der Waals surface area contributed by atoms with Crippen LogP contribution in [0.5, 0.6) is 0 Å². The van der Waals surface area contributed by atoms with E-state index in [0.29, 0.717) is 17.8 Å². The van der Waals surface area contributed by atoms with Crippen molar-refractivity contribution < 1.29 is 4.79 Å². The molecule has 0 atom stereocenters. The molecule has 94 valence electrons. The molecule has 0 aliphatic heterocycles. The number of rotatable bonds is 3. The summed E-state index contributed by atoms with van der Waals surface area (Å²) < 4.78 is 1.07. The molecular weight excluding hydrogens is 312 g/mol. The van der Waals surface area contributed by atoms with E-state index in [0.717, 1.165) is 9.35 Å². The number of hydrogen-bond acceptors (Lipinski definition) is 3. The topological polar surface area (TPSA) is 46.3 Å². The summed E-state index contributed by atoms with van der Waals surface area (Å²) in [6.45, 7) is 0.593. The lowest BCUT2D eigenvalue weighted by molar-refractivity contribution is 0.0785. The molecule has 3 nitrogen and oxygen atoms in total. The van der Waals surface area contributed by atoms with Gasteiger partial charge in [0.05, 0.1) is 3.79 Å². The number of benzene rings is 1. The second kappa shape index (κ2) is 5.54. The molecule has 18 heavy (non-hydrogen) atoms. The molecule has 5 heteroatoms. The van der Waals surface area contributed by atoms with Gasteiger partial charge < -0.3 is 10.6 Å². The minimum Gasteiger partial charge on any atom is -0.399 e. The number of carbonyl (C=O) groups excluding carboxylic acids is 1. The Bertz CT molecular complexity index is 568. The number of nitrogens with zero attached hydrogens (tertiary/aromatic N) is 1. The van der Waals surface area contributed by atoms with Gasteiger partial charge in [0, 0.05) is 24.8 Å². The molecule has 1 amide bonds. The van der Waals surface area contributed by atoms with E-state index in [2.05, 4.69) is 15.9 Å². The predicted molar refractivity (Wildman–Crippen MR) is 78.7 cm³/mol. The van der Waals surface area contributed by atoms with E-state index in [-0.39, 0.29) is 5.91 Å². The summed E-state index contributed by atoms with van der Waals surface area (Å²) in [4.78, 5) is 13.9. The first-order chi connectivity index (χ1) is 8.56. The lowest BCUT2D eigenvalue weighted by Gasteiger charge is -2.16. The summed E-state index contributed by atoms with van der Waals surface area (Å²) >= 11 is 5.03. The summed E-state index contributed by atoms with van der Waals surface area (Å²) in [7, 11) is 1.79. The Balaban J connectivity index is 2.09. The number of halogens is 1. The number of amides is 1. The van der Waals surface area contributed by atoms with Gasteiger partial charge in [0.1, 0.15) is 0 Å². The van der Waals surface area contributed by atoms with Crippen LogP contribution in [0, 0.1) is 0 Å². The van der Waals surface area contributed by atoms with Gasteiger partial charge in [-0.2, -0.15) is 0 Å². The van der Waals surface area contributed by atoms with Crippen LogP contribution in [0.3, 0.4) is 0 Å². The van der Waals surface area contributed by atoms with E-state index < -0.39 is 0 Å². The van der Waals surface area contributed by atoms with Crippen molar-refractivity contribution in [3.8, 4) is 0 Å². The van der Waals surface area contributed by atoms with Gasteiger partial charge in [0.25, 0.3) is 5.91 Å². The maximum atomic E-state index is 12.2. The van der Waals surface area contributed by atoms with Crippen LogP contribution in [-0.2, 0) is 6.54 Å². The van der Waals surface area contributed by atoms with E-state index in [1.165, 1.54) is 0 Å². The van der Waals surface area contributed by atoms with Gasteiger partial charge in [0.15, 0.2) is 0 Å². The van der Waals surface area contributed by atoms with Gasteiger partial charge in [-0.25, -0.2) is 0 Å². The highest BCUT2D eigenvalue weighted by atomic mass is 79.9. The number of nitrogens with two attached hydrogens (primary N) is 1. The Kier molecular flexibility index (Phi) is 4.04. The minimum absolute atomic E-state index is 0.0235. The van der Waals surface area contributed by atoms with Crippen molar-refractivity contribution in [3.05, 3.63) is 50.6 Å². The highest BCUT2D eigenvalue weighted by Gasteiger charge is 2.12.